The molecule has 2 saturated heterocycles. The van der Waals surface area contributed by atoms with E-state index >= 15 is 0 Å². The zero-order valence-corrected chi connectivity index (χ0v) is 38.4. The minimum absolute atomic E-state index is 0.189. The van der Waals surface area contributed by atoms with Crippen molar-refractivity contribution in [2.45, 2.75) is 68.6 Å². The number of hydrogen-bond donors (Lipinski definition) is 13. The van der Waals surface area contributed by atoms with Crippen molar-refractivity contribution in [2.75, 3.05) is 25.6 Å². The van der Waals surface area contributed by atoms with Gasteiger partial charge < -0.3 is 74.4 Å². The predicted octanol–water partition coefficient (Wildman–Crippen LogP) is -1.61. The molecule has 13 N–H and O–H groups in total. The second-order valence-electron chi connectivity index (χ2n) is 13.8. The first-order chi connectivity index (χ1) is 29.6. The summed E-state index contributed by atoms with van der Waals surface area (Å²) >= 11 is 0. The van der Waals surface area contributed by atoms with Crippen LogP contribution in [0.5, 0.6) is 0 Å². The van der Waals surface area contributed by atoms with E-state index in [0.29, 0.717) is 17.2 Å². The van der Waals surface area contributed by atoms with Gasteiger partial charge in [0.05, 0.1) is 42.7 Å². The molecule has 12 atom stereocenters. The van der Waals surface area contributed by atoms with Gasteiger partial charge in [0, 0.05) is 7.05 Å². The molecule has 2 aliphatic rings. The zero-order chi connectivity index (χ0) is 48.9. The smallest absolute Gasteiger partial charge is 0.387 e. The maximum absolute atomic E-state index is 11.9. The summed E-state index contributed by atoms with van der Waals surface area (Å²) in [5.74, 6) is 0.360. The normalized spacial score (nSPS) is 30.0. The Bertz CT molecular complexity index is 2670. The highest BCUT2D eigenvalue weighted by Gasteiger charge is 2.56. The average molecular weight is 1060 g/mol. The number of nitrogens with one attached hydrogen (secondary N) is 1. The fourth-order valence-corrected chi connectivity index (χ4v) is 12.2. The van der Waals surface area contributed by atoms with Crippen LogP contribution in [0.25, 0.3) is 11.3 Å². The van der Waals surface area contributed by atoms with E-state index in [-0.39, 0.29) is 17.0 Å². The first-order valence-electron chi connectivity index (χ1n) is 17.3. The number of hydrogen-bond acceptors (Lipinski definition) is 25. The lowest BCUT2D eigenvalue weighted by molar-refractivity contribution is -0.0665. The highest BCUT2D eigenvalue weighted by atomic mass is 31.3. The van der Waals surface area contributed by atoms with E-state index in [4.69, 9.17) is 33.9 Å². The number of imidazole rings is 2. The molecular weight excluding hydrogens is 1020 g/mol. The van der Waals surface area contributed by atoms with Gasteiger partial charge in [-0.3, -0.25) is 9.05 Å². The van der Waals surface area contributed by atoms with Crippen LogP contribution in [0.15, 0.2) is 25.0 Å². The van der Waals surface area contributed by atoms with Crippen LogP contribution in [0.3, 0.4) is 0 Å². The number of anilines is 1. The van der Waals surface area contributed by atoms with E-state index in [1.54, 1.807) is 14.0 Å². The van der Waals surface area contributed by atoms with Gasteiger partial charge in [-0.1, -0.05) is 0 Å². The summed E-state index contributed by atoms with van der Waals surface area (Å²) in [5, 5.41) is 53.3. The molecule has 0 aliphatic carbocycles. The number of phosphoric acid groups is 6. The number of aromatic nitrogens is 8. The summed E-state index contributed by atoms with van der Waals surface area (Å²) in [6.45, 7) is 2.21. The van der Waals surface area contributed by atoms with E-state index in [0.717, 1.165) is 0 Å². The lowest BCUT2D eigenvalue weighted by Gasteiger charge is -2.26. The van der Waals surface area contributed by atoms with Crippen LogP contribution < -0.4 is 5.32 Å². The second kappa shape index (κ2) is 19.1. The van der Waals surface area contributed by atoms with Crippen LogP contribution >= 0.6 is 46.9 Å². The lowest BCUT2D eigenvalue weighted by atomic mass is 9.91. The van der Waals surface area contributed by atoms with Gasteiger partial charge in [0.2, 0.25) is 0 Å². The van der Waals surface area contributed by atoms with Crippen LogP contribution in [0.4, 0.5) is 5.82 Å². The summed E-state index contributed by atoms with van der Waals surface area (Å²) < 4.78 is 105. The van der Waals surface area contributed by atoms with Crippen LogP contribution in [0.1, 0.15) is 43.1 Å². The topological polar surface area (TPSA) is 517 Å². The molecule has 2 aliphatic heterocycles. The van der Waals surface area contributed by atoms with Gasteiger partial charge >= 0.3 is 46.9 Å². The number of nitrogens with zero attached hydrogens (tertiary/aromatic N) is 8. The predicted molar refractivity (Wildman–Crippen MR) is 204 cm³/mol. The summed E-state index contributed by atoms with van der Waals surface area (Å²) in [6, 6.07) is 0. The molecule has 41 heteroatoms. The summed E-state index contributed by atoms with van der Waals surface area (Å²) in [6.07, 6.45) is -3.74. The quantitative estimate of drug-likeness (QED) is 0.0529. The van der Waals surface area contributed by atoms with Crippen molar-refractivity contribution in [1.29, 1.82) is 0 Å². The van der Waals surface area contributed by atoms with Crippen LogP contribution in [0, 0.1) is 6.92 Å². The van der Waals surface area contributed by atoms with Gasteiger partial charge in [0.25, 0.3) is 0 Å². The van der Waals surface area contributed by atoms with Crippen molar-refractivity contribution < 1.29 is 123 Å². The average Bonchev–Trinajstić information content (AvgIpc) is 3.86. The fraction of sp³-hybridized carbons (Fsp3) is 0.583. The molecule has 65 heavy (non-hydrogen) atoms. The van der Waals surface area contributed by atoms with E-state index in [9.17, 15) is 62.5 Å². The molecular formula is C24H39N9O26P6. The van der Waals surface area contributed by atoms with Crippen molar-refractivity contribution in [3.05, 3.63) is 42.1 Å². The van der Waals surface area contributed by atoms with E-state index in [2.05, 4.69) is 61.7 Å². The lowest BCUT2D eigenvalue weighted by Crippen LogP contribution is -2.43. The monoisotopic (exact) mass is 1060 g/mol. The number of ether oxygens (including phenoxy) is 2. The Hall–Kier alpha value is -2.52. The molecule has 0 bridgehead atoms. The molecule has 0 spiro atoms. The first-order valence-corrected chi connectivity index (χ1v) is 26.3. The third-order valence-corrected chi connectivity index (χ3v) is 16.4. The van der Waals surface area contributed by atoms with Gasteiger partial charge in [-0.05, 0) is 20.8 Å². The number of aliphatic hydroxyl groups excluding tert-OH is 2. The zero-order valence-electron chi connectivity index (χ0n) is 33.0. The third-order valence-electron chi connectivity index (χ3n) is 8.83. The minimum Gasteiger partial charge on any atom is -0.387 e. The molecule has 0 amide bonds. The fourth-order valence-electron chi connectivity index (χ4n) is 6.10. The molecule has 0 saturated carbocycles. The van der Waals surface area contributed by atoms with Crippen molar-refractivity contribution >= 4 is 64.0 Å². The van der Waals surface area contributed by atoms with Crippen LogP contribution in [0.2, 0.25) is 0 Å². The summed E-state index contributed by atoms with van der Waals surface area (Å²) in [7, 11) is -31.8. The molecule has 6 rings (SSSR count). The van der Waals surface area contributed by atoms with Crippen molar-refractivity contribution in [2.24, 2.45) is 0 Å². The summed E-state index contributed by atoms with van der Waals surface area (Å²) in [5.41, 5.74) is -2.38. The molecule has 4 unspecified atom stereocenters. The van der Waals surface area contributed by atoms with E-state index in [1.807, 2.05) is 0 Å². The van der Waals surface area contributed by atoms with Crippen molar-refractivity contribution in [3.63, 3.8) is 0 Å². The largest absolute Gasteiger partial charge is 0.490 e. The molecule has 4 aromatic rings. The summed E-state index contributed by atoms with van der Waals surface area (Å²) in [4.78, 5) is 87.8. The second-order valence-corrected chi connectivity index (χ2v) is 22.6. The van der Waals surface area contributed by atoms with E-state index in [1.165, 1.54) is 47.9 Å². The number of phosphoric ester groups is 2. The maximum atomic E-state index is 11.9. The molecule has 366 valence electrons. The molecule has 35 nitrogen and oxygen atoms in total. The van der Waals surface area contributed by atoms with Gasteiger partial charge in [0.15, 0.2) is 17.1 Å². The van der Waals surface area contributed by atoms with Gasteiger partial charge in [-0.15, -0.1) is 0 Å². The Kier molecular flexibility index (Phi) is 15.7. The number of aryl methyl sites for hydroxylation is 1. The Morgan fingerprint density at radius 3 is 1.42 bits per heavy atom. The SMILES string of the molecule is CNc1ncnn2c([C@@H]3O[C@H](COP(=O)(O)OP(=O)(O)OP(=O)(O)O)[C@@H](O)[C@@]3(C)O)cnc12.Cc1ncnn2c([C@@H]3O[C@H](COP(=O)(O)OP(=O)(O)OP(=O)(O)O)[C@@H](O)[C@@]3(C)O)cnc12. The maximum Gasteiger partial charge on any atom is 0.490 e. The number of fused-ring (bicyclic) bond motifs is 2. The minimum atomic E-state index is -5.71. The van der Waals surface area contributed by atoms with Crippen molar-refractivity contribution in [3.8, 4) is 0 Å². The Balaban J connectivity index is 0.000000244. The van der Waals surface area contributed by atoms with Gasteiger partial charge in [-0.25, -0.2) is 56.4 Å². The highest BCUT2D eigenvalue weighted by Crippen LogP contribution is 2.67. The number of aliphatic hydroxyl groups is 4. The number of rotatable bonds is 17. The highest BCUT2D eigenvalue weighted by molar-refractivity contribution is 7.67. The third kappa shape index (κ3) is 13.0. The molecule has 2 fully saturated rings. The molecule has 4 aromatic heterocycles. The van der Waals surface area contributed by atoms with Crippen molar-refractivity contribution in [1.82, 2.24) is 39.2 Å². The first kappa shape index (κ1) is 53.4. The molecule has 6 heterocycles. The molecule has 0 aromatic carbocycles. The standard InChI is InChI=1S/C12H20N5O13P3.C12H19N4O13P3/c1-12(19)8(18)7(4-27-32(23,24)30-33(25,26)29-31(20,21)22)28-9(12)6-3-14-11-10(13-2)15-5-16-17(6)11;1-6-11-13-3-7(16(11)15-5-14-6)10-12(2,18)9(17)8(27-10)4-26-31(22,23)29-32(24,25)28-30(19,20)21/h3,5,7-9,18-19H,4H2,1-2H3,(H,23,24)(H,25,26)(H,13,15,16)(H2,20,21,22);3,5,8-10,17-18H,4H2,1-2H3,(H,22,23)(H,24,25)(H2,19,20,21)/t7-,8-,9+,12-;8-,9-,10+,12-/m11/s1. The van der Waals surface area contributed by atoms with Gasteiger partial charge in [-0.2, -0.15) is 27.4 Å². The van der Waals surface area contributed by atoms with E-state index < -0.39 is 108 Å². The van der Waals surface area contributed by atoms with Crippen LogP contribution in [-0.4, -0.2) is 155 Å². The molecule has 0 radical (unpaired) electrons. The Labute approximate surface area is 361 Å². The van der Waals surface area contributed by atoms with Gasteiger partial charge in [0.1, 0.15) is 60.5 Å². The Morgan fingerprint density at radius 2 is 1.02 bits per heavy atom. The van der Waals surface area contributed by atoms with Crippen LogP contribution in [-0.2, 0) is 63.2 Å². The Morgan fingerprint density at radius 1 is 0.631 bits per heavy atom.